The van der Waals surface area contributed by atoms with E-state index in [1.54, 1.807) is 31.4 Å². The van der Waals surface area contributed by atoms with Crippen LogP contribution in [0.25, 0.3) is 0 Å². The third-order valence-electron chi connectivity index (χ3n) is 5.14. The van der Waals surface area contributed by atoms with Crippen LogP contribution in [0.4, 0.5) is 5.69 Å². The van der Waals surface area contributed by atoms with Crippen molar-refractivity contribution in [3.63, 3.8) is 0 Å². The Morgan fingerprint density at radius 3 is 2.25 bits per heavy atom. The molecule has 0 bridgehead atoms. The second kappa shape index (κ2) is 9.57. The molecule has 0 unspecified atom stereocenters. The summed E-state index contributed by atoms with van der Waals surface area (Å²) in [7, 11) is 1.67. The Hall–Kier alpha value is -2.57. The first-order valence-electron chi connectivity index (χ1n) is 9.69. The third kappa shape index (κ3) is 5.47. The number of aliphatic hydroxyl groups is 1. The molecule has 6 heteroatoms. The average molecular weight is 385 g/mol. The molecule has 2 aromatic rings. The fraction of sp³-hybridized carbons (Fsp3) is 0.409. The van der Waals surface area contributed by atoms with Gasteiger partial charge in [0.15, 0.2) is 5.78 Å². The van der Waals surface area contributed by atoms with Gasteiger partial charge in [-0.25, -0.2) is 0 Å². The predicted molar refractivity (Wildman–Crippen MR) is 109 cm³/mol. The van der Waals surface area contributed by atoms with E-state index in [1.165, 1.54) is 17.5 Å². The zero-order chi connectivity index (χ0) is 19.9. The fourth-order valence-corrected chi connectivity index (χ4v) is 3.45. The number of Topliss-reactive ketones (excluding diaryl/α,β-unsaturated/α-hetero) is 1. The molecule has 0 aromatic heterocycles. The number of anilines is 1. The summed E-state index contributed by atoms with van der Waals surface area (Å²) in [6, 6.07) is 15.2. The molecule has 1 saturated heterocycles. The van der Waals surface area contributed by atoms with Crippen LogP contribution in [0.1, 0.15) is 17.3 Å². The molecular formula is C22H29N2O4+. The van der Waals surface area contributed by atoms with E-state index in [4.69, 9.17) is 9.47 Å². The number of hydrogen-bond donors (Lipinski definition) is 2. The quantitative estimate of drug-likeness (QED) is 0.665. The van der Waals surface area contributed by atoms with E-state index in [0.29, 0.717) is 17.9 Å². The normalized spacial score (nSPS) is 15.9. The van der Waals surface area contributed by atoms with Crippen LogP contribution in [0, 0.1) is 0 Å². The lowest BCUT2D eigenvalue weighted by atomic mass is 10.1. The standard InChI is InChI=1S/C22H28N2O4/c1-17(25)18-3-7-22(8-4-18)28-16-20(26)15-23-11-13-24(14-12-23)19-5-9-21(27-2)10-6-19/h3-10,20,26H,11-16H2,1-2H3/p+1/t20-/m1/s1. The number of benzene rings is 2. The van der Waals surface area contributed by atoms with Crippen LogP contribution in [-0.4, -0.2) is 63.4 Å². The highest BCUT2D eigenvalue weighted by Gasteiger charge is 2.23. The van der Waals surface area contributed by atoms with Gasteiger partial charge in [-0.2, -0.15) is 0 Å². The first-order chi connectivity index (χ1) is 13.5. The summed E-state index contributed by atoms with van der Waals surface area (Å²) in [4.78, 5) is 15.0. The Balaban J connectivity index is 1.40. The number of piperazine rings is 1. The second-order valence-corrected chi connectivity index (χ2v) is 7.18. The van der Waals surface area contributed by atoms with Gasteiger partial charge in [0.05, 0.1) is 33.3 Å². The van der Waals surface area contributed by atoms with Crippen molar-refractivity contribution in [3.05, 3.63) is 54.1 Å². The molecule has 1 heterocycles. The zero-order valence-corrected chi connectivity index (χ0v) is 16.6. The number of methoxy groups -OCH3 is 1. The van der Waals surface area contributed by atoms with Crippen molar-refractivity contribution in [2.24, 2.45) is 0 Å². The molecule has 2 N–H and O–H groups in total. The Morgan fingerprint density at radius 2 is 1.68 bits per heavy atom. The molecule has 0 saturated carbocycles. The molecule has 28 heavy (non-hydrogen) atoms. The number of carbonyl (C=O) groups is 1. The Morgan fingerprint density at radius 1 is 1.07 bits per heavy atom. The monoisotopic (exact) mass is 385 g/mol. The van der Waals surface area contributed by atoms with Crippen LogP contribution in [0.2, 0.25) is 0 Å². The lowest BCUT2D eigenvalue weighted by Crippen LogP contribution is -3.16. The van der Waals surface area contributed by atoms with Crippen molar-refractivity contribution in [2.45, 2.75) is 13.0 Å². The summed E-state index contributed by atoms with van der Waals surface area (Å²) in [6.45, 7) is 6.35. The molecule has 1 fully saturated rings. The molecule has 0 radical (unpaired) electrons. The topological polar surface area (TPSA) is 63.4 Å². The average Bonchev–Trinajstić information content (AvgIpc) is 2.73. The summed E-state index contributed by atoms with van der Waals surface area (Å²) >= 11 is 0. The largest absolute Gasteiger partial charge is 0.497 e. The highest BCUT2D eigenvalue weighted by Crippen LogP contribution is 2.19. The van der Waals surface area contributed by atoms with Gasteiger partial charge in [0.1, 0.15) is 30.8 Å². The number of carbonyl (C=O) groups excluding carboxylic acids is 1. The van der Waals surface area contributed by atoms with Crippen LogP contribution >= 0.6 is 0 Å². The summed E-state index contributed by atoms with van der Waals surface area (Å²) in [5, 5.41) is 10.3. The smallest absolute Gasteiger partial charge is 0.159 e. The van der Waals surface area contributed by atoms with Gasteiger partial charge in [-0.15, -0.1) is 0 Å². The molecule has 1 aliphatic heterocycles. The van der Waals surface area contributed by atoms with Crippen molar-refractivity contribution in [3.8, 4) is 11.5 Å². The number of aliphatic hydroxyl groups excluding tert-OH is 1. The van der Waals surface area contributed by atoms with E-state index < -0.39 is 6.10 Å². The van der Waals surface area contributed by atoms with E-state index in [9.17, 15) is 9.90 Å². The number of nitrogens with zero attached hydrogens (tertiary/aromatic N) is 1. The lowest BCUT2D eigenvalue weighted by Gasteiger charge is -2.34. The number of rotatable bonds is 8. The molecule has 0 aliphatic carbocycles. The summed E-state index contributed by atoms with van der Waals surface area (Å²) in [6.07, 6.45) is -0.518. The van der Waals surface area contributed by atoms with Gasteiger partial charge in [0, 0.05) is 11.3 Å². The zero-order valence-electron chi connectivity index (χ0n) is 16.6. The maximum Gasteiger partial charge on any atom is 0.159 e. The van der Waals surface area contributed by atoms with Crippen LogP contribution in [0.5, 0.6) is 11.5 Å². The van der Waals surface area contributed by atoms with Gasteiger partial charge in [0.25, 0.3) is 0 Å². The van der Waals surface area contributed by atoms with Gasteiger partial charge >= 0.3 is 0 Å². The highest BCUT2D eigenvalue weighted by molar-refractivity contribution is 5.94. The molecule has 1 atom stereocenters. The molecular weight excluding hydrogens is 356 g/mol. The van der Waals surface area contributed by atoms with Crippen LogP contribution in [0.3, 0.4) is 0 Å². The maximum atomic E-state index is 11.3. The van der Waals surface area contributed by atoms with E-state index in [2.05, 4.69) is 17.0 Å². The number of hydrogen-bond acceptors (Lipinski definition) is 5. The summed E-state index contributed by atoms with van der Waals surface area (Å²) in [5.41, 5.74) is 1.87. The van der Waals surface area contributed by atoms with Crippen molar-refractivity contribution >= 4 is 11.5 Å². The third-order valence-corrected chi connectivity index (χ3v) is 5.14. The van der Waals surface area contributed by atoms with Gasteiger partial charge in [-0.1, -0.05) is 0 Å². The van der Waals surface area contributed by atoms with Crippen LogP contribution in [-0.2, 0) is 0 Å². The van der Waals surface area contributed by atoms with Crippen molar-refractivity contribution in [2.75, 3.05) is 51.3 Å². The van der Waals surface area contributed by atoms with E-state index in [1.807, 2.05) is 12.1 Å². The van der Waals surface area contributed by atoms with Gasteiger partial charge in [-0.3, -0.25) is 4.79 Å². The molecule has 150 valence electrons. The Labute approximate surface area is 166 Å². The molecule has 6 nitrogen and oxygen atoms in total. The summed E-state index contributed by atoms with van der Waals surface area (Å²) < 4.78 is 10.9. The van der Waals surface area contributed by atoms with Gasteiger partial charge in [-0.05, 0) is 55.5 Å². The van der Waals surface area contributed by atoms with E-state index >= 15 is 0 Å². The summed E-state index contributed by atoms with van der Waals surface area (Å²) in [5.74, 6) is 1.57. The second-order valence-electron chi connectivity index (χ2n) is 7.18. The minimum absolute atomic E-state index is 0.0315. The Bertz CT molecular complexity index is 753. The Kier molecular flexibility index (Phi) is 6.90. The first kappa shape index (κ1) is 20.2. The first-order valence-corrected chi connectivity index (χ1v) is 9.69. The number of ketones is 1. The number of quaternary nitrogens is 1. The van der Waals surface area contributed by atoms with Crippen LogP contribution < -0.4 is 19.3 Å². The predicted octanol–water partition coefficient (Wildman–Crippen LogP) is 1.04. The maximum absolute atomic E-state index is 11.3. The SMILES string of the molecule is COc1ccc(N2CC[NH+](C[C@@H](O)COc3ccc(C(C)=O)cc3)CC2)cc1. The van der Waals surface area contributed by atoms with Gasteiger partial charge in [0.2, 0.25) is 0 Å². The van der Waals surface area contributed by atoms with Crippen molar-refractivity contribution in [1.82, 2.24) is 0 Å². The van der Waals surface area contributed by atoms with Crippen molar-refractivity contribution < 1.29 is 24.3 Å². The van der Waals surface area contributed by atoms with Crippen molar-refractivity contribution in [1.29, 1.82) is 0 Å². The number of nitrogens with one attached hydrogen (secondary N) is 1. The molecule has 2 aromatic carbocycles. The molecule has 0 amide bonds. The lowest BCUT2D eigenvalue weighted by molar-refractivity contribution is -0.903. The van der Waals surface area contributed by atoms with E-state index in [0.717, 1.165) is 31.9 Å². The molecule has 0 spiro atoms. The molecule has 3 rings (SSSR count). The minimum atomic E-state index is -0.518. The highest BCUT2D eigenvalue weighted by atomic mass is 16.5. The number of ether oxygens (including phenoxy) is 2. The van der Waals surface area contributed by atoms with Gasteiger partial charge < -0.3 is 24.4 Å². The fourth-order valence-electron chi connectivity index (χ4n) is 3.45. The molecule has 1 aliphatic rings. The van der Waals surface area contributed by atoms with Crippen LogP contribution in [0.15, 0.2) is 48.5 Å². The van der Waals surface area contributed by atoms with E-state index in [-0.39, 0.29) is 12.4 Å². The minimum Gasteiger partial charge on any atom is -0.497 e.